The summed E-state index contributed by atoms with van der Waals surface area (Å²) in [5.74, 6) is 1.55. The average molecular weight is 266 g/mol. The molecule has 0 aliphatic heterocycles. The van der Waals surface area contributed by atoms with Crippen molar-refractivity contribution in [3.63, 3.8) is 0 Å². The molecule has 5 nitrogen and oxygen atoms in total. The Balaban J connectivity index is 1.71. The maximum Gasteiger partial charge on any atom is 0.240 e. The molecule has 1 saturated carbocycles. The molecular weight excluding hydrogens is 240 g/mol. The van der Waals surface area contributed by atoms with E-state index >= 15 is 0 Å². The first kappa shape index (κ1) is 14.5. The fourth-order valence-electron chi connectivity index (χ4n) is 2.62. The van der Waals surface area contributed by atoms with Crippen LogP contribution in [0.3, 0.4) is 0 Å². The Bertz CT molecular complexity index is 336. The SMILES string of the molecule is CCN(CC)CCc1noc(CNC2CCCC2)n1. The van der Waals surface area contributed by atoms with Gasteiger partial charge in [-0.3, -0.25) is 0 Å². The van der Waals surface area contributed by atoms with Crippen LogP contribution in [-0.2, 0) is 13.0 Å². The molecule has 1 aliphatic carbocycles. The van der Waals surface area contributed by atoms with Gasteiger partial charge in [-0.15, -0.1) is 0 Å². The largest absolute Gasteiger partial charge is 0.338 e. The van der Waals surface area contributed by atoms with Crippen molar-refractivity contribution in [2.75, 3.05) is 19.6 Å². The van der Waals surface area contributed by atoms with Crippen molar-refractivity contribution < 1.29 is 4.52 Å². The first-order valence-corrected chi connectivity index (χ1v) is 7.59. The van der Waals surface area contributed by atoms with Gasteiger partial charge in [-0.2, -0.15) is 4.98 Å². The van der Waals surface area contributed by atoms with Crippen LogP contribution in [0.5, 0.6) is 0 Å². The second-order valence-electron chi connectivity index (χ2n) is 5.24. The third-order valence-corrected chi connectivity index (χ3v) is 3.95. The molecule has 0 unspecified atom stereocenters. The summed E-state index contributed by atoms with van der Waals surface area (Å²) in [6.07, 6.45) is 6.12. The number of nitrogens with zero attached hydrogens (tertiary/aromatic N) is 3. The van der Waals surface area contributed by atoms with Crippen LogP contribution >= 0.6 is 0 Å². The summed E-state index contributed by atoms with van der Waals surface area (Å²) < 4.78 is 5.28. The standard InChI is InChI=1S/C14H26N4O/c1-3-18(4-2)10-9-13-16-14(19-17-13)11-15-12-7-5-6-8-12/h12,15H,3-11H2,1-2H3. The number of hydrogen-bond acceptors (Lipinski definition) is 5. The first-order chi connectivity index (χ1) is 9.31. The fourth-order valence-corrected chi connectivity index (χ4v) is 2.62. The highest BCUT2D eigenvalue weighted by Gasteiger charge is 2.15. The molecule has 2 rings (SSSR count). The molecular formula is C14H26N4O. The molecule has 1 aromatic heterocycles. The first-order valence-electron chi connectivity index (χ1n) is 7.59. The van der Waals surface area contributed by atoms with E-state index in [2.05, 4.69) is 34.2 Å². The third kappa shape index (κ3) is 4.58. The molecule has 0 amide bonds. The van der Waals surface area contributed by atoms with Crippen LogP contribution in [0.4, 0.5) is 0 Å². The van der Waals surface area contributed by atoms with E-state index in [4.69, 9.17) is 4.52 Å². The van der Waals surface area contributed by atoms with E-state index in [0.717, 1.165) is 37.8 Å². The second-order valence-corrected chi connectivity index (χ2v) is 5.24. The second kappa shape index (κ2) is 7.60. The lowest BCUT2D eigenvalue weighted by Gasteiger charge is -2.16. The molecule has 0 radical (unpaired) electrons. The summed E-state index contributed by atoms with van der Waals surface area (Å²) in [4.78, 5) is 6.81. The van der Waals surface area contributed by atoms with Crippen LogP contribution in [-0.4, -0.2) is 40.7 Å². The van der Waals surface area contributed by atoms with Crippen molar-refractivity contribution in [2.45, 2.75) is 58.5 Å². The van der Waals surface area contributed by atoms with E-state index < -0.39 is 0 Å². The highest BCUT2D eigenvalue weighted by molar-refractivity contribution is 4.88. The van der Waals surface area contributed by atoms with Crippen LogP contribution in [0, 0.1) is 0 Å². The topological polar surface area (TPSA) is 54.2 Å². The summed E-state index contributed by atoms with van der Waals surface area (Å²) in [7, 11) is 0. The quantitative estimate of drug-likeness (QED) is 0.780. The Hall–Kier alpha value is -0.940. The molecule has 1 aromatic rings. The highest BCUT2D eigenvalue weighted by Crippen LogP contribution is 2.17. The molecule has 0 aromatic carbocycles. The van der Waals surface area contributed by atoms with Gasteiger partial charge in [0.05, 0.1) is 6.54 Å². The molecule has 0 saturated heterocycles. The molecule has 1 aliphatic rings. The van der Waals surface area contributed by atoms with Gasteiger partial charge in [0.25, 0.3) is 0 Å². The summed E-state index contributed by atoms with van der Waals surface area (Å²) in [5.41, 5.74) is 0. The van der Waals surface area contributed by atoms with E-state index in [9.17, 15) is 0 Å². The molecule has 5 heteroatoms. The molecule has 0 spiro atoms. The predicted octanol–water partition coefficient (Wildman–Crippen LogP) is 1.99. The summed E-state index contributed by atoms with van der Waals surface area (Å²) in [5, 5.41) is 7.54. The molecule has 0 atom stereocenters. The minimum absolute atomic E-state index is 0.644. The Kier molecular flexibility index (Phi) is 5.79. The number of likely N-dealkylation sites (N-methyl/N-ethyl adjacent to an activating group) is 1. The normalized spacial score (nSPS) is 16.6. The Labute approximate surface area is 115 Å². The van der Waals surface area contributed by atoms with Crippen LogP contribution in [0.25, 0.3) is 0 Å². The van der Waals surface area contributed by atoms with Crippen LogP contribution in [0.2, 0.25) is 0 Å². The monoisotopic (exact) mass is 266 g/mol. The van der Waals surface area contributed by atoms with E-state index in [1.54, 1.807) is 0 Å². The van der Waals surface area contributed by atoms with Crippen molar-refractivity contribution in [2.24, 2.45) is 0 Å². The lowest BCUT2D eigenvalue weighted by molar-refractivity contribution is 0.302. The smallest absolute Gasteiger partial charge is 0.240 e. The van der Waals surface area contributed by atoms with Crippen LogP contribution < -0.4 is 5.32 Å². The summed E-state index contributed by atoms with van der Waals surface area (Å²) in [6.45, 7) is 8.22. The fraction of sp³-hybridized carbons (Fsp3) is 0.857. The van der Waals surface area contributed by atoms with Gasteiger partial charge in [0.2, 0.25) is 5.89 Å². The maximum absolute atomic E-state index is 5.28. The Morgan fingerprint density at radius 3 is 2.68 bits per heavy atom. The van der Waals surface area contributed by atoms with Crippen molar-refractivity contribution >= 4 is 0 Å². The zero-order valence-electron chi connectivity index (χ0n) is 12.2. The zero-order chi connectivity index (χ0) is 13.5. The van der Waals surface area contributed by atoms with E-state index in [-0.39, 0.29) is 0 Å². The maximum atomic E-state index is 5.28. The Morgan fingerprint density at radius 2 is 2.00 bits per heavy atom. The minimum Gasteiger partial charge on any atom is -0.338 e. The summed E-state index contributed by atoms with van der Waals surface area (Å²) >= 11 is 0. The van der Waals surface area contributed by atoms with Crippen LogP contribution in [0.15, 0.2) is 4.52 Å². The number of hydrogen-bond donors (Lipinski definition) is 1. The van der Waals surface area contributed by atoms with Crippen molar-refractivity contribution in [3.8, 4) is 0 Å². The summed E-state index contributed by atoms with van der Waals surface area (Å²) in [6, 6.07) is 0.644. The minimum atomic E-state index is 0.644. The van der Waals surface area contributed by atoms with Crippen molar-refractivity contribution in [3.05, 3.63) is 11.7 Å². The van der Waals surface area contributed by atoms with E-state index in [0.29, 0.717) is 12.6 Å². The van der Waals surface area contributed by atoms with Gasteiger partial charge >= 0.3 is 0 Å². The number of rotatable bonds is 8. The molecule has 1 fully saturated rings. The van der Waals surface area contributed by atoms with E-state index in [1.807, 2.05) is 0 Å². The van der Waals surface area contributed by atoms with Gasteiger partial charge in [-0.05, 0) is 25.9 Å². The number of aromatic nitrogens is 2. The van der Waals surface area contributed by atoms with Crippen molar-refractivity contribution in [1.82, 2.24) is 20.4 Å². The molecule has 1 heterocycles. The highest BCUT2D eigenvalue weighted by atomic mass is 16.5. The lowest BCUT2D eigenvalue weighted by atomic mass is 10.2. The molecule has 108 valence electrons. The van der Waals surface area contributed by atoms with Gasteiger partial charge in [0.1, 0.15) is 0 Å². The molecule has 1 N–H and O–H groups in total. The van der Waals surface area contributed by atoms with Crippen LogP contribution in [0.1, 0.15) is 51.2 Å². The molecule has 0 bridgehead atoms. The Morgan fingerprint density at radius 1 is 1.26 bits per heavy atom. The van der Waals surface area contributed by atoms with Crippen molar-refractivity contribution in [1.29, 1.82) is 0 Å². The third-order valence-electron chi connectivity index (χ3n) is 3.95. The van der Waals surface area contributed by atoms with Gasteiger partial charge in [0.15, 0.2) is 5.82 Å². The van der Waals surface area contributed by atoms with Gasteiger partial charge in [-0.1, -0.05) is 31.8 Å². The van der Waals surface area contributed by atoms with Gasteiger partial charge in [0, 0.05) is 19.0 Å². The average Bonchev–Trinajstić information content (AvgIpc) is 3.09. The lowest BCUT2D eigenvalue weighted by Crippen LogP contribution is -2.26. The van der Waals surface area contributed by atoms with E-state index in [1.165, 1.54) is 25.7 Å². The predicted molar refractivity (Wildman–Crippen MR) is 74.9 cm³/mol. The van der Waals surface area contributed by atoms with Gasteiger partial charge < -0.3 is 14.7 Å². The number of nitrogens with one attached hydrogen (secondary N) is 1. The zero-order valence-corrected chi connectivity index (χ0v) is 12.2. The molecule has 19 heavy (non-hydrogen) atoms. The van der Waals surface area contributed by atoms with Gasteiger partial charge in [-0.25, -0.2) is 0 Å².